The molecule has 1 fully saturated rings. The monoisotopic (exact) mass is 464 g/mol. The van der Waals surface area contributed by atoms with Crippen LogP contribution >= 0.6 is 24.0 Å². The number of aliphatic imine (C=N–C) groups is 1. The van der Waals surface area contributed by atoms with E-state index in [1.54, 1.807) is 0 Å². The lowest BCUT2D eigenvalue weighted by atomic mass is 9.83. The largest absolute Gasteiger partial charge is 0.390 e. The average Bonchev–Trinajstić information content (AvgIpc) is 2.47. The van der Waals surface area contributed by atoms with Gasteiger partial charge in [0.25, 0.3) is 0 Å². The van der Waals surface area contributed by atoms with E-state index >= 15 is 0 Å². The number of alkyl halides is 3. The average molecular weight is 464 g/mol. The molecule has 0 aromatic carbocycles. The molecule has 8 heteroatoms. The second kappa shape index (κ2) is 12.2. The first-order valence-electron chi connectivity index (χ1n) is 8.59. The standard InChI is InChI=1S/C16H31F3N4.HI/c1-4-20-15(21-11-10-16(17,18)19)22-12-14(23(2)3)13-8-6-5-7-9-13;/h13-14H,4-12H2,1-3H3,(H2,20,21,22);1H. The third kappa shape index (κ3) is 9.90. The zero-order chi connectivity index (χ0) is 17.3. The van der Waals surface area contributed by atoms with Gasteiger partial charge in [0, 0.05) is 19.1 Å². The van der Waals surface area contributed by atoms with Crippen LogP contribution in [0, 0.1) is 5.92 Å². The molecule has 0 bridgehead atoms. The molecule has 1 atom stereocenters. The summed E-state index contributed by atoms with van der Waals surface area (Å²) >= 11 is 0. The zero-order valence-electron chi connectivity index (χ0n) is 15.0. The third-order valence-electron chi connectivity index (χ3n) is 4.34. The normalized spacial score (nSPS) is 18.2. The van der Waals surface area contributed by atoms with Crippen LogP contribution in [0.2, 0.25) is 0 Å². The van der Waals surface area contributed by atoms with Gasteiger partial charge in [0.1, 0.15) is 0 Å². The molecule has 0 spiro atoms. The molecule has 1 aliphatic carbocycles. The topological polar surface area (TPSA) is 39.7 Å². The number of halogens is 4. The Morgan fingerprint density at radius 2 is 1.79 bits per heavy atom. The van der Waals surface area contributed by atoms with Gasteiger partial charge in [0.05, 0.1) is 13.0 Å². The van der Waals surface area contributed by atoms with E-state index in [4.69, 9.17) is 0 Å². The Labute approximate surface area is 161 Å². The fourth-order valence-electron chi connectivity index (χ4n) is 3.10. The Morgan fingerprint density at radius 1 is 1.17 bits per heavy atom. The molecule has 1 saturated carbocycles. The van der Waals surface area contributed by atoms with Crippen LogP contribution < -0.4 is 10.6 Å². The van der Waals surface area contributed by atoms with E-state index in [0.29, 0.717) is 31.0 Å². The van der Waals surface area contributed by atoms with E-state index in [1.807, 2.05) is 6.92 Å². The van der Waals surface area contributed by atoms with Crippen LogP contribution in [0.5, 0.6) is 0 Å². The van der Waals surface area contributed by atoms with Gasteiger partial charge in [-0.25, -0.2) is 0 Å². The van der Waals surface area contributed by atoms with Crippen molar-refractivity contribution in [3.8, 4) is 0 Å². The SMILES string of the molecule is CCNC(=NCC(C1CCCCC1)N(C)C)NCCC(F)(F)F.I. The predicted molar refractivity (Wildman–Crippen MR) is 104 cm³/mol. The van der Waals surface area contributed by atoms with Gasteiger partial charge in [-0.3, -0.25) is 4.99 Å². The second-order valence-corrected chi connectivity index (χ2v) is 6.44. The molecule has 1 rings (SSSR count). The van der Waals surface area contributed by atoms with Gasteiger partial charge in [-0.2, -0.15) is 13.2 Å². The predicted octanol–water partition coefficient (Wildman–Crippen LogP) is 3.62. The van der Waals surface area contributed by atoms with Crippen molar-refractivity contribution >= 4 is 29.9 Å². The van der Waals surface area contributed by atoms with Crippen molar-refractivity contribution in [1.82, 2.24) is 15.5 Å². The number of rotatable bonds is 7. The molecule has 0 aromatic rings. The second-order valence-electron chi connectivity index (χ2n) is 6.44. The molecule has 1 aliphatic rings. The molecule has 1 unspecified atom stereocenters. The maximum atomic E-state index is 12.2. The molecule has 144 valence electrons. The summed E-state index contributed by atoms with van der Waals surface area (Å²) in [5.74, 6) is 1.10. The Morgan fingerprint density at radius 3 is 2.29 bits per heavy atom. The van der Waals surface area contributed by atoms with Gasteiger partial charge in [-0.05, 0) is 39.8 Å². The highest BCUT2D eigenvalue weighted by Gasteiger charge is 2.27. The summed E-state index contributed by atoms with van der Waals surface area (Å²) in [4.78, 5) is 6.71. The molecular formula is C16H32F3IN4. The highest BCUT2D eigenvalue weighted by molar-refractivity contribution is 14.0. The zero-order valence-corrected chi connectivity index (χ0v) is 17.3. The summed E-state index contributed by atoms with van der Waals surface area (Å²) in [5.41, 5.74) is 0. The molecule has 0 saturated heterocycles. The highest BCUT2D eigenvalue weighted by atomic mass is 127. The van der Waals surface area contributed by atoms with Crippen molar-refractivity contribution in [3.63, 3.8) is 0 Å². The van der Waals surface area contributed by atoms with Crippen molar-refractivity contribution < 1.29 is 13.2 Å². The number of likely N-dealkylation sites (N-methyl/N-ethyl adjacent to an activating group) is 1. The van der Waals surface area contributed by atoms with Crippen LogP contribution in [0.25, 0.3) is 0 Å². The molecule has 0 aliphatic heterocycles. The van der Waals surface area contributed by atoms with Crippen molar-refractivity contribution in [2.45, 2.75) is 57.7 Å². The minimum Gasteiger partial charge on any atom is -0.357 e. The number of hydrogen-bond acceptors (Lipinski definition) is 2. The Kier molecular flexibility index (Phi) is 12.0. The lowest BCUT2D eigenvalue weighted by Crippen LogP contribution is -2.42. The number of nitrogens with one attached hydrogen (secondary N) is 2. The van der Waals surface area contributed by atoms with Crippen molar-refractivity contribution in [3.05, 3.63) is 0 Å². The first-order valence-corrected chi connectivity index (χ1v) is 8.59. The summed E-state index contributed by atoms with van der Waals surface area (Å²) in [5, 5.41) is 5.79. The van der Waals surface area contributed by atoms with Crippen LogP contribution in [-0.4, -0.2) is 56.8 Å². The molecule has 0 amide bonds. The van der Waals surface area contributed by atoms with Crippen molar-refractivity contribution in [1.29, 1.82) is 0 Å². The van der Waals surface area contributed by atoms with Gasteiger partial charge >= 0.3 is 6.18 Å². The van der Waals surface area contributed by atoms with Crippen molar-refractivity contribution in [2.24, 2.45) is 10.9 Å². The summed E-state index contributed by atoms with van der Waals surface area (Å²) in [7, 11) is 4.11. The van der Waals surface area contributed by atoms with Crippen LogP contribution in [0.3, 0.4) is 0 Å². The molecule has 0 aromatic heterocycles. The number of hydrogen-bond donors (Lipinski definition) is 2. The molecule has 24 heavy (non-hydrogen) atoms. The molecule has 4 nitrogen and oxygen atoms in total. The summed E-state index contributed by atoms with van der Waals surface area (Å²) in [6, 6.07) is 0.341. The molecule has 2 N–H and O–H groups in total. The fourth-order valence-corrected chi connectivity index (χ4v) is 3.10. The van der Waals surface area contributed by atoms with Crippen LogP contribution in [-0.2, 0) is 0 Å². The summed E-state index contributed by atoms with van der Waals surface area (Å²) < 4.78 is 36.7. The van der Waals surface area contributed by atoms with E-state index in [2.05, 4.69) is 34.6 Å². The summed E-state index contributed by atoms with van der Waals surface area (Å²) in [6.07, 6.45) is 1.29. The smallest absolute Gasteiger partial charge is 0.357 e. The van der Waals surface area contributed by atoms with Crippen LogP contribution in [0.4, 0.5) is 13.2 Å². The van der Waals surface area contributed by atoms with Gasteiger partial charge < -0.3 is 15.5 Å². The Hall–Kier alpha value is -0.250. The highest BCUT2D eigenvalue weighted by Crippen LogP contribution is 2.28. The van der Waals surface area contributed by atoms with Crippen LogP contribution in [0.15, 0.2) is 4.99 Å². The van der Waals surface area contributed by atoms with Gasteiger partial charge in [0.2, 0.25) is 0 Å². The molecule has 0 radical (unpaired) electrons. The third-order valence-corrected chi connectivity index (χ3v) is 4.34. The lowest BCUT2D eigenvalue weighted by Gasteiger charge is -2.34. The Balaban J connectivity index is 0.00000529. The van der Waals surface area contributed by atoms with Crippen LogP contribution in [0.1, 0.15) is 45.4 Å². The number of guanidine groups is 1. The minimum absolute atomic E-state index is 0. The quantitative estimate of drug-likeness (QED) is 0.344. The van der Waals surface area contributed by atoms with E-state index in [0.717, 1.165) is 0 Å². The van der Waals surface area contributed by atoms with E-state index in [-0.39, 0.29) is 30.5 Å². The number of nitrogens with zero attached hydrogens (tertiary/aromatic N) is 2. The maximum absolute atomic E-state index is 12.2. The van der Waals surface area contributed by atoms with E-state index in [9.17, 15) is 13.2 Å². The maximum Gasteiger partial charge on any atom is 0.390 e. The lowest BCUT2D eigenvalue weighted by molar-refractivity contribution is -0.132. The fraction of sp³-hybridized carbons (Fsp3) is 0.938. The molecule has 0 heterocycles. The Bertz CT molecular complexity index is 356. The van der Waals surface area contributed by atoms with Gasteiger partial charge in [-0.15, -0.1) is 24.0 Å². The van der Waals surface area contributed by atoms with Gasteiger partial charge in [0.15, 0.2) is 5.96 Å². The minimum atomic E-state index is -4.14. The first-order chi connectivity index (χ1) is 10.8. The summed E-state index contributed by atoms with van der Waals surface area (Å²) in [6.45, 7) is 3.00. The van der Waals surface area contributed by atoms with E-state index < -0.39 is 12.6 Å². The van der Waals surface area contributed by atoms with E-state index in [1.165, 1.54) is 32.1 Å². The van der Waals surface area contributed by atoms with Gasteiger partial charge in [-0.1, -0.05) is 19.3 Å². The molecular weight excluding hydrogens is 432 g/mol. The van der Waals surface area contributed by atoms with Crippen molar-refractivity contribution in [2.75, 3.05) is 33.7 Å². The first kappa shape index (κ1) is 23.8.